The van der Waals surface area contributed by atoms with Gasteiger partial charge in [0, 0.05) is 10.9 Å². The van der Waals surface area contributed by atoms with E-state index in [9.17, 15) is 9.59 Å². The van der Waals surface area contributed by atoms with Crippen LogP contribution >= 0.6 is 11.3 Å². The van der Waals surface area contributed by atoms with E-state index in [2.05, 4.69) is 10.3 Å². The van der Waals surface area contributed by atoms with Crippen LogP contribution in [-0.2, 0) is 16.1 Å². The molecular weight excluding hydrogens is 412 g/mol. The van der Waals surface area contributed by atoms with Crippen molar-refractivity contribution >= 4 is 23.2 Å². The molecule has 0 fully saturated rings. The van der Waals surface area contributed by atoms with E-state index < -0.39 is 12.0 Å². The van der Waals surface area contributed by atoms with Crippen molar-refractivity contribution in [2.75, 3.05) is 7.11 Å². The summed E-state index contributed by atoms with van der Waals surface area (Å²) in [6.45, 7) is 5.72. The highest BCUT2D eigenvalue weighted by atomic mass is 32.1. The summed E-state index contributed by atoms with van der Waals surface area (Å²) in [7, 11) is 1.62. The minimum atomic E-state index is -0.749. The molecule has 0 bridgehead atoms. The van der Waals surface area contributed by atoms with Gasteiger partial charge in [-0.2, -0.15) is 0 Å². The van der Waals surface area contributed by atoms with E-state index in [0.29, 0.717) is 11.3 Å². The van der Waals surface area contributed by atoms with Crippen molar-refractivity contribution in [3.8, 4) is 16.3 Å². The number of aromatic nitrogens is 1. The molecule has 0 radical (unpaired) electrons. The lowest BCUT2D eigenvalue weighted by molar-refractivity contribution is -0.148. The predicted octanol–water partition coefficient (Wildman–Crippen LogP) is 4.62. The molecule has 162 valence electrons. The number of para-hydroxylation sites is 1. The summed E-state index contributed by atoms with van der Waals surface area (Å²) in [5, 5.41) is 5.43. The van der Waals surface area contributed by atoms with Gasteiger partial charge in [0.25, 0.3) is 5.91 Å². The summed E-state index contributed by atoms with van der Waals surface area (Å²) >= 11 is 1.46. The molecule has 6 nitrogen and oxygen atoms in total. The van der Waals surface area contributed by atoms with Crippen LogP contribution in [-0.4, -0.2) is 30.0 Å². The molecule has 0 unspecified atom stereocenters. The molecule has 0 spiro atoms. The molecular formula is C24H26N2O4S. The van der Waals surface area contributed by atoms with E-state index in [-0.39, 0.29) is 18.4 Å². The third-order valence-corrected chi connectivity index (χ3v) is 5.70. The van der Waals surface area contributed by atoms with E-state index in [1.807, 2.05) is 62.5 Å². The lowest BCUT2D eigenvalue weighted by atomic mass is 10.0. The average Bonchev–Trinajstić information content (AvgIpc) is 3.24. The number of nitrogens with one attached hydrogen (secondary N) is 1. The van der Waals surface area contributed by atoms with Crippen LogP contribution in [0.2, 0.25) is 0 Å². The van der Waals surface area contributed by atoms with Gasteiger partial charge in [0.2, 0.25) is 0 Å². The highest BCUT2D eigenvalue weighted by molar-refractivity contribution is 7.13. The fourth-order valence-electron chi connectivity index (χ4n) is 2.98. The number of hydrogen-bond donors (Lipinski definition) is 1. The molecule has 0 saturated carbocycles. The number of benzene rings is 2. The maximum absolute atomic E-state index is 12.7. The number of carbonyl (C=O) groups is 2. The van der Waals surface area contributed by atoms with Crippen molar-refractivity contribution in [3.63, 3.8) is 0 Å². The van der Waals surface area contributed by atoms with Crippen LogP contribution in [0, 0.1) is 12.8 Å². The average molecular weight is 439 g/mol. The Balaban J connectivity index is 1.63. The van der Waals surface area contributed by atoms with Crippen LogP contribution in [0.15, 0.2) is 53.9 Å². The zero-order chi connectivity index (χ0) is 22.4. The molecule has 1 N–H and O–H groups in total. The SMILES string of the molecule is COc1ccccc1-c1nc(COC(=O)[C@@H](NC(=O)c2ccc(C)cc2)C(C)C)cs1. The van der Waals surface area contributed by atoms with Crippen LogP contribution in [0.3, 0.4) is 0 Å². The molecule has 1 heterocycles. The van der Waals surface area contributed by atoms with Gasteiger partial charge in [0.15, 0.2) is 0 Å². The van der Waals surface area contributed by atoms with E-state index in [4.69, 9.17) is 9.47 Å². The molecule has 3 rings (SSSR count). The van der Waals surface area contributed by atoms with Crippen LogP contribution in [0.1, 0.15) is 35.5 Å². The van der Waals surface area contributed by atoms with Crippen molar-refractivity contribution in [3.05, 3.63) is 70.7 Å². The van der Waals surface area contributed by atoms with E-state index >= 15 is 0 Å². The number of nitrogens with zero attached hydrogens (tertiary/aromatic N) is 1. The monoisotopic (exact) mass is 438 g/mol. The van der Waals surface area contributed by atoms with Crippen LogP contribution in [0.4, 0.5) is 0 Å². The smallest absolute Gasteiger partial charge is 0.329 e. The second-order valence-corrected chi connectivity index (χ2v) is 8.37. The number of hydrogen-bond acceptors (Lipinski definition) is 6. The number of ether oxygens (including phenoxy) is 2. The third kappa shape index (κ3) is 5.70. The van der Waals surface area contributed by atoms with Crippen LogP contribution in [0.5, 0.6) is 5.75 Å². The maximum atomic E-state index is 12.7. The molecule has 1 amide bonds. The fourth-order valence-corrected chi connectivity index (χ4v) is 3.81. The van der Waals surface area contributed by atoms with Crippen molar-refractivity contribution in [1.29, 1.82) is 0 Å². The summed E-state index contributed by atoms with van der Waals surface area (Å²) in [5.41, 5.74) is 3.10. The summed E-state index contributed by atoms with van der Waals surface area (Å²) in [5.74, 6) is -0.175. The topological polar surface area (TPSA) is 77.5 Å². The lowest BCUT2D eigenvalue weighted by Gasteiger charge is -2.20. The number of methoxy groups -OCH3 is 1. The van der Waals surface area contributed by atoms with Crippen molar-refractivity contribution < 1.29 is 19.1 Å². The molecule has 7 heteroatoms. The fraction of sp³-hybridized carbons (Fsp3) is 0.292. The number of rotatable bonds is 8. The van der Waals surface area contributed by atoms with Gasteiger partial charge in [0.1, 0.15) is 23.4 Å². The molecule has 0 aliphatic carbocycles. The van der Waals surface area contributed by atoms with Gasteiger partial charge >= 0.3 is 5.97 Å². The van der Waals surface area contributed by atoms with E-state index in [1.165, 1.54) is 11.3 Å². The lowest BCUT2D eigenvalue weighted by Crippen LogP contribution is -2.45. The highest BCUT2D eigenvalue weighted by Gasteiger charge is 2.26. The Morgan fingerprint density at radius 1 is 1.10 bits per heavy atom. The molecule has 2 aromatic carbocycles. The summed E-state index contributed by atoms with van der Waals surface area (Å²) < 4.78 is 10.9. The van der Waals surface area contributed by atoms with Gasteiger partial charge in [-0.25, -0.2) is 9.78 Å². The van der Waals surface area contributed by atoms with Gasteiger partial charge in [0.05, 0.1) is 18.4 Å². The maximum Gasteiger partial charge on any atom is 0.329 e. The van der Waals surface area contributed by atoms with E-state index in [0.717, 1.165) is 21.9 Å². The Morgan fingerprint density at radius 2 is 1.81 bits per heavy atom. The minimum Gasteiger partial charge on any atom is -0.496 e. The number of carbonyl (C=O) groups excluding carboxylic acids is 2. The Bertz CT molecular complexity index is 1040. The van der Waals surface area contributed by atoms with E-state index in [1.54, 1.807) is 19.2 Å². The van der Waals surface area contributed by atoms with Crippen LogP contribution in [0.25, 0.3) is 10.6 Å². The van der Waals surface area contributed by atoms with Gasteiger partial charge in [-0.05, 0) is 37.1 Å². The first-order valence-corrected chi connectivity index (χ1v) is 10.9. The van der Waals surface area contributed by atoms with Crippen molar-refractivity contribution in [1.82, 2.24) is 10.3 Å². The minimum absolute atomic E-state index is 0.0358. The standard InChI is InChI=1S/C24H26N2O4S/c1-15(2)21(26-22(27)17-11-9-16(3)10-12-17)24(28)30-13-18-14-31-23(25-18)19-7-5-6-8-20(19)29-4/h5-12,14-15,21H,13H2,1-4H3,(H,26,27)/t21-/m0/s1. The second kappa shape index (κ2) is 10.2. The molecule has 0 aliphatic rings. The molecule has 1 aromatic heterocycles. The summed E-state index contributed by atoms with van der Waals surface area (Å²) in [6, 6.07) is 14.1. The van der Waals surface area contributed by atoms with Gasteiger partial charge in [-0.15, -0.1) is 11.3 Å². The molecule has 0 aliphatic heterocycles. The Morgan fingerprint density at radius 3 is 2.48 bits per heavy atom. The molecule has 3 aromatic rings. The quantitative estimate of drug-likeness (QED) is 0.519. The third-order valence-electron chi connectivity index (χ3n) is 4.77. The molecule has 1 atom stereocenters. The first-order chi connectivity index (χ1) is 14.9. The Kier molecular flexibility index (Phi) is 7.41. The van der Waals surface area contributed by atoms with Gasteiger partial charge < -0.3 is 14.8 Å². The number of aryl methyl sites for hydroxylation is 1. The van der Waals surface area contributed by atoms with Crippen molar-refractivity contribution in [2.45, 2.75) is 33.4 Å². The van der Waals surface area contributed by atoms with Crippen molar-refractivity contribution in [2.24, 2.45) is 5.92 Å². The largest absolute Gasteiger partial charge is 0.496 e. The predicted molar refractivity (Wildman–Crippen MR) is 121 cm³/mol. The first kappa shape index (κ1) is 22.5. The molecule has 0 saturated heterocycles. The first-order valence-electron chi connectivity index (χ1n) is 10.0. The number of esters is 1. The highest BCUT2D eigenvalue weighted by Crippen LogP contribution is 2.32. The normalized spacial score (nSPS) is 11.8. The Hall–Kier alpha value is -3.19. The zero-order valence-electron chi connectivity index (χ0n) is 18.0. The summed E-state index contributed by atoms with van der Waals surface area (Å²) in [6.07, 6.45) is 0. The number of amides is 1. The van der Waals surface area contributed by atoms with Gasteiger partial charge in [-0.1, -0.05) is 43.7 Å². The molecule has 31 heavy (non-hydrogen) atoms. The van der Waals surface area contributed by atoms with Gasteiger partial charge in [-0.3, -0.25) is 4.79 Å². The van der Waals surface area contributed by atoms with Crippen LogP contribution < -0.4 is 10.1 Å². The Labute approximate surface area is 186 Å². The zero-order valence-corrected chi connectivity index (χ0v) is 18.9. The summed E-state index contributed by atoms with van der Waals surface area (Å²) in [4.78, 5) is 29.8. The second-order valence-electron chi connectivity index (χ2n) is 7.51. The number of thiazole rings is 1.